The van der Waals surface area contributed by atoms with Crippen LogP contribution < -0.4 is 15.5 Å². The van der Waals surface area contributed by atoms with Gasteiger partial charge in [-0.1, -0.05) is 52.5 Å². The van der Waals surface area contributed by atoms with Gasteiger partial charge in [-0.15, -0.1) is 0 Å². The van der Waals surface area contributed by atoms with E-state index in [-0.39, 0.29) is 6.61 Å². The number of imide groups is 1. The number of alkyl carbamates (subject to hydrolysis) is 1. The van der Waals surface area contributed by atoms with Crippen LogP contribution in [-0.2, 0) is 26.8 Å². The van der Waals surface area contributed by atoms with Crippen LogP contribution in [0.15, 0.2) is 23.4 Å². The lowest BCUT2D eigenvalue weighted by atomic mass is 9.77. The number of fused-ring (bicyclic) bond motifs is 2. The third-order valence-corrected chi connectivity index (χ3v) is 10.1. The second-order valence-corrected chi connectivity index (χ2v) is 14.9. The molecule has 0 bridgehead atoms. The van der Waals surface area contributed by atoms with E-state index in [0.29, 0.717) is 64.4 Å². The van der Waals surface area contributed by atoms with Gasteiger partial charge in [0.15, 0.2) is 5.82 Å². The Bertz CT molecular complexity index is 1450. The van der Waals surface area contributed by atoms with Gasteiger partial charge in [0.05, 0.1) is 27.1 Å². The molecule has 0 unspecified atom stereocenters. The highest BCUT2D eigenvalue weighted by Gasteiger charge is 2.43. The average Bonchev–Trinajstić information content (AvgIpc) is 3.59. The molecule has 1 saturated carbocycles. The highest BCUT2D eigenvalue weighted by atomic mass is 35.6. The number of alkyl halides is 3. The topological polar surface area (TPSA) is 139 Å². The van der Waals surface area contributed by atoms with Crippen LogP contribution in [-0.4, -0.2) is 70.9 Å². The highest BCUT2D eigenvalue weighted by molar-refractivity contribution is 7.85. The summed E-state index contributed by atoms with van der Waals surface area (Å²) in [5, 5.41) is 5.85. The number of halogens is 4. The second kappa shape index (κ2) is 11.1. The molecule has 4 aliphatic rings. The molecule has 2 aliphatic carbocycles. The maximum atomic E-state index is 12.9. The fourth-order valence-corrected chi connectivity index (χ4v) is 7.24. The van der Waals surface area contributed by atoms with Gasteiger partial charge < -0.3 is 15.0 Å². The summed E-state index contributed by atoms with van der Waals surface area (Å²) in [7, 11) is -1.24. The minimum Gasteiger partial charge on any atom is -0.447 e. The number of nitrogens with one attached hydrogen (secondary N) is 2. The first-order valence-electron chi connectivity index (χ1n) is 13.1. The molecule has 3 atom stereocenters. The Morgan fingerprint density at radius 3 is 2.59 bits per heavy atom. The van der Waals surface area contributed by atoms with E-state index < -0.39 is 32.1 Å². The van der Waals surface area contributed by atoms with Crippen LogP contribution in [0.2, 0.25) is 5.02 Å². The van der Waals surface area contributed by atoms with Crippen LogP contribution in [0.5, 0.6) is 0 Å². The average molecular weight is 661 g/mol. The van der Waals surface area contributed by atoms with E-state index in [1.807, 2.05) is 5.32 Å². The molecule has 0 radical (unpaired) electrons. The van der Waals surface area contributed by atoms with E-state index in [1.165, 1.54) is 0 Å². The number of hydrogen-bond donors (Lipinski definition) is 2. The molecule has 218 valence electrons. The normalized spacial score (nSPS) is 24.2. The standard InChI is InChI=1S/C25H25Cl4N7O4S/c26-16-8-30-19(31-9-16)13-6-14-10-36(11-15(14)7-13)22-32-17-2-5-41(39)18(17)20(33-22)35-24(3-1-4-24)12-40-23(38)34-21(37)25(27,28)29/h6,8-9,14-15H,1-5,7,10-12H2,(H,32,33,35)(H,34,37,38)/t14-,15+,41+/m0/s1. The van der Waals surface area contributed by atoms with Crippen molar-refractivity contribution in [1.29, 1.82) is 0 Å². The summed E-state index contributed by atoms with van der Waals surface area (Å²) in [6, 6.07) is 0. The van der Waals surface area contributed by atoms with E-state index in [4.69, 9.17) is 61.1 Å². The molecular weight excluding hydrogens is 636 g/mol. The summed E-state index contributed by atoms with van der Waals surface area (Å²) in [6.07, 6.45) is 8.15. The summed E-state index contributed by atoms with van der Waals surface area (Å²) in [5.74, 6) is 1.85. The predicted octanol–water partition coefficient (Wildman–Crippen LogP) is 4.08. The van der Waals surface area contributed by atoms with Crippen LogP contribution in [0.3, 0.4) is 0 Å². The summed E-state index contributed by atoms with van der Waals surface area (Å²) in [4.78, 5) is 45.1. The number of amides is 2. The van der Waals surface area contributed by atoms with Crippen molar-refractivity contribution in [3.63, 3.8) is 0 Å². The monoisotopic (exact) mass is 659 g/mol. The molecule has 16 heteroatoms. The first kappa shape index (κ1) is 28.9. The zero-order valence-electron chi connectivity index (χ0n) is 21.5. The van der Waals surface area contributed by atoms with Gasteiger partial charge in [0.1, 0.15) is 17.3 Å². The van der Waals surface area contributed by atoms with Crippen LogP contribution in [0.1, 0.15) is 37.2 Å². The van der Waals surface area contributed by atoms with Crippen molar-refractivity contribution in [2.75, 3.05) is 35.7 Å². The van der Waals surface area contributed by atoms with Crippen molar-refractivity contribution in [1.82, 2.24) is 25.3 Å². The van der Waals surface area contributed by atoms with E-state index in [2.05, 4.69) is 26.3 Å². The SMILES string of the molecule is O=C(NC(=O)C(Cl)(Cl)Cl)OCC1(Nc2nc(N3C[C@H]4CC(c5ncc(Cl)cn5)=C[C@H]4C3)nc3c2[S@](=O)CC3)CCC1. The molecular formula is C25H25Cl4N7O4S. The van der Waals surface area contributed by atoms with Crippen LogP contribution in [0, 0.1) is 11.8 Å². The molecule has 2 amide bonds. The van der Waals surface area contributed by atoms with Crippen molar-refractivity contribution in [3.8, 4) is 0 Å². The lowest BCUT2D eigenvalue weighted by Crippen LogP contribution is -2.51. The Balaban J connectivity index is 1.18. The number of carbonyl (C=O) groups is 2. The third kappa shape index (κ3) is 5.99. The van der Waals surface area contributed by atoms with E-state index in [1.54, 1.807) is 12.4 Å². The molecule has 41 heavy (non-hydrogen) atoms. The lowest BCUT2D eigenvalue weighted by molar-refractivity contribution is -0.119. The molecule has 2 fully saturated rings. The van der Waals surface area contributed by atoms with Crippen molar-refractivity contribution < 1.29 is 18.5 Å². The molecule has 2 aromatic rings. The molecule has 2 aliphatic heterocycles. The van der Waals surface area contributed by atoms with Gasteiger partial charge in [-0.25, -0.2) is 19.7 Å². The van der Waals surface area contributed by atoms with E-state index in [0.717, 1.165) is 37.2 Å². The predicted molar refractivity (Wildman–Crippen MR) is 156 cm³/mol. The quantitative estimate of drug-likeness (QED) is 0.436. The zero-order chi connectivity index (χ0) is 28.9. The van der Waals surface area contributed by atoms with Crippen LogP contribution in [0.4, 0.5) is 16.6 Å². The number of aromatic nitrogens is 4. The number of ether oxygens (including phenoxy) is 1. The number of aryl methyl sites for hydroxylation is 1. The largest absolute Gasteiger partial charge is 0.447 e. The first-order valence-corrected chi connectivity index (χ1v) is 15.9. The molecule has 4 heterocycles. The summed E-state index contributed by atoms with van der Waals surface area (Å²) in [5.41, 5.74) is 1.25. The van der Waals surface area contributed by atoms with E-state index >= 15 is 0 Å². The van der Waals surface area contributed by atoms with Gasteiger partial charge in [-0.2, -0.15) is 4.98 Å². The number of nitrogens with zero attached hydrogens (tertiary/aromatic N) is 5. The minimum absolute atomic E-state index is 0.0546. The first-order chi connectivity index (χ1) is 19.5. The number of allylic oxidation sites excluding steroid dienone is 1. The van der Waals surface area contributed by atoms with Gasteiger partial charge >= 0.3 is 6.09 Å². The third-order valence-electron chi connectivity index (χ3n) is 7.90. The van der Waals surface area contributed by atoms with E-state index in [9.17, 15) is 13.8 Å². The highest BCUT2D eigenvalue weighted by Crippen LogP contribution is 2.43. The van der Waals surface area contributed by atoms with Crippen molar-refractivity contribution >= 4 is 86.5 Å². The number of rotatable bonds is 6. The molecule has 2 aromatic heterocycles. The zero-order valence-corrected chi connectivity index (χ0v) is 25.4. The maximum absolute atomic E-state index is 12.9. The number of anilines is 2. The van der Waals surface area contributed by atoms with Gasteiger partial charge in [0.25, 0.3) is 9.70 Å². The Morgan fingerprint density at radius 1 is 1.17 bits per heavy atom. The molecule has 0 aromatic carbocycles. The Labute approximate surface area is 258 Å². The van der Waals surface area contributed by atoms with Crippen molar-refractivity contribution in [2.24, 2.45) is 11.8 Å². The summed E-state index contributed by atoms with van der Waals surface area (Å²) < 4.78 is 15.9. The molecule has 2 N–H and O–H groups in total. The van der Waals surface area contributed by atoms with Crippen molar-refractivity contribution in [3.05, 3.63) is 35.0 Å². The number of hydrogen-bond acceptors (Lipinski definition) is 10. The van der Waals surface area contributed by atoms with Gasteiger partial charge in [0.2, 0.25) is 5.95 Å². The molecule has 11 nitrogen and oxygen atoms in total. The maximum Gasteiger partial charge on any atom is 0.414 e. The summed E-state index contributed by atoms with van der Waals surface area (Å²) in [6.45, 7) is 1.46. The second-order valence-electron chi connectivity index (χ2n) is 10.7. The molecule has 1 saturated heterocycles. The fraction of sp³-hybridized carbons (Fsp3) is 0.520. The van der Waals surface area contributed by atoms with Gasteiger partial charge in [0, 0.05) is 37.7 Å². The Morgan fingerprint density at radius 2 is 1.93 bits per heavy atom. The molecule has 6 rings (SSSR count). The summed E-state index contributed by atoms with van der Waals surface area (Å²) >= 11 is 22.5. The fourth-order valence-electron chi connectivity index (χ4n) is 5.69. The van der Waals surface area contributed by atoms with Gasteiger partial charge in [-0.05, 0) is 43.1 Å². The smallest absolute Gasteiger partial charge is 0.414 e. The molecule has 0 spiro atoms. The lowest BCUT2D eigenvalue weighted by Gasteiger charge is -2.42. The van der Waals surface area contributed by atoms with Crippen LogP contribution >= 0.6 is 46.4 Å². The van der Waals surface area contributed by atoms with Crippen molar-refractivity contribution in [2.45, 2.75) is 46.3 Å². The Hall–Kier alpha value is -2.25. The number of carbonyl (C=O) groups excluding carboxylic acids is 2. The Kier molecular flexibility index (Phi) is 7.82. The van der Waals surface area contributed by atoms with Gasteiger partial charge in [-0.3, -0.25) is 14.3 Å². The minimum atomic E-state index is -2.29. The van der Waals surface area contributed by atoms with Crippen LogP contribution in [0.25, 0.3) is 5.57 Å².